The van der Waals surface area contributed by atoms with Crippen LogP contribution in [0.3, 0.4) is 0 Å². The summed E-state index contributed by atoms with van der Waals surface area (Å²) in [7, 11) is 1.24. The molecule has 0 bridgehead atoms. The molecular weight excluding hydrogens is 304 g/mol. The van der Waals surface area contributed by atoms with E-state index in [1.807, 2.05) is 0 Å². The minimum atomic E-state index is -5.54. The van der Waals surface area contributed by atoms with Crippen LogP contribution in [-0.4, -0.2) is 25.6 Å². The van der Waals surface area contributed by atoms with Gasteiger partial charge in [-0.05, 0) is 17.7 Å². The summed E-state index contributed by atoms with van der Waals surface area (Å²) < 4.78 is 83.0. The van der Waals surface area contributed by atoms with Crippen LogP contribution in [0.25, 0.3) is 0 Å². The van der Waals surface area contributed by atoms with Gasteiger partial charge < -0.3 is 15.2 Å². The predicted octanol–water partition coefficient (Wildman–Crippen LogP) is 3.16. The van der Waals surface area contributed by atoms with Crippen molar-refractivity contribution < 1.29 is 35.8 Å². The fourth-order valence-electron chi connectivity index (χ4n) is 1.62. The molecule has 0 aliphatic heterocycles. The van der Waals surface area contributed by atoms with Gasteiger partial charge in [-0.25, -0.2) is 0 Å². The van der Waals surface area contributed by atoms with Crippen molar-refractivity contribution in [2.45, 2.75) is 31.6 Å². The molecule has 0 spiro atoms. The number of ether oxygens (including phenoxy) is 2. The lowest BCUT2D eigenvalue weighted by Crippen LogP contribution is -2.44. The fraction of sp³-hybridized carbons (Fsp3) is 0.500. The zero-order valence-electron chi connectivity index (χ0n) is 10.9. The standard InChI is InChI=1S/C12H13F6NO2/c1-20-9-3-2-7(5-19)4-8(9)6-21-10(11(13,14)15)12(16,17)18/h2-4,10H,5-6,19H2,1H3. The molecule has 0 unspecified atom stereocenters. The van der Waals surface area contributed by atoms with E-state index in [0.717, 1.165) is 0 Å². The Hall–Kier alpha value is -1.48. The molecule has 120 valence electrons. The highest BCUT2D eigenvalue weighted by Gasteiger charge is 2.58. The van der Waals surface area contributed by atoms with E-state index < -0.39 is 25.1 Å². The number of alkyl halides is 6. The lowest BCUT2D eigenvalue weighted by atomic mass is 10.1. The van der Waals surface area contributed by atoms with Crippen molar-refractivity contribution in [3.8, 4) is 5.75 Å². The van der Waals surface area contributed by atoms with Gasteiger partial charge in [-0.15, -0.1) is 0 Å². The van der Waals surface area contributed by atoms with E-state index in [-0.39, 0.29) is 17.9 Å². The van der Waals surface area contributed by atoms with E-state index in [1.165, 1.54) is 19.2 Å². The molecule has 9 heteroatoms. The maximum Gasteiger partial charge on any atom is 0.423 e. The van der Waals surface area contributed by atoms with Crippen molar-refractivity contribution >= 4 is 0 Å². The number of hydrogen-bond donors (Lipinski definition) is 1. The molecule has 0 aliphatic carbocycles. The lowest BCUT2D eigenvalue weighted by molar-refractivity contribution is -0.324. The number of benzene rings is 1. The second-order valence-corrected chi connectivity index (χ2v) is 4.12. The SMILES string of the molecule is COc1ccc(CN)cc1COC(C(F)(F)F)C(F)(F)F. The smallest absolute Gasteiger partial charge is 0.423 e. The van der Waals surface area contributed by atoms with Gasteiger partial charge >= 0.3 is 12.4 Å². The molecule has 0 heterocycles. The first-order valence-electron chi connectivity index (χ1n) is 5.70. The summed E-state index contributed by atoms with van der Waals surface area (Å²) in [5, 5.41) is 0. The van der Waals surface area contributed by atoms with Gasteiger partial charge in [-0.3, -0.25) is 0 Å². The van der Waals surface area contributed by atoms with Crippen LogP contribution in [0.4, 0.5) is 26.3 Å². The monoisotopic (exact) mass is 317 g/mol. The number of methoxy groups -OCH3 is 1. The van der Waals surface area contributed by atoms with E-state index in [9.17, 15) is 26.3 Å². The van der Waals surface area contributed by atoms with Gasteiger partial charge in [0.2, 0.25) is 6.10 Å². The molecule has 1 aromatic rings. The minimum absolute atomic E-state index is 0.0546. The average molecular weight is 317 g/mol. The summed E-state index contributed by atoms with van der Waals surface area (Å²) in [5.41, 5.74) is 5.95. The van der Waals surface area contributed by atoms with Gasteiger partial charge in [0.15, 0.2) is 0 Å². The Labute approximate surface area is 116 Å². The first kappa shape index (κ1) is 17.6. The van der Waals surface area contributed by atoms with Gasteiger partial charge in [0, 0.05) is 12.1 Å². The Balaban J connectivity index is 2.95. The molecule has 1 rings (SSSR count). The number of hydrogen-bond acceptors (Lipinski definition) is 3. The van der Waals surface area contributed by atoms with E-state index in [1.54, 1.807) is 6.07 Å². The highest BCUT2D eigenvalue weighted by molar-refractivity contribution is 5.36. The summed E-state index contributed by atoms with van der Waals surface area (Å²) in [5.74, 6) is 0.121. The first-order chi connectivity index (χ1) is 9.59. The lowest BCUT2D eigenvalue weighted by Gasteiger charge is -2.23. The summed E-state index contributed by atoms with van der Waals surface area (Å²) >= 11 is 0. The quantitative estimate of drug-likeness (QED) is 0.849. The number of halogens is 6. The van der Waals surface area contributed by atoms with Crippen LogP contribution in [0.15, 0.2) is 18.2 Å². The maximum absolute atomic E-state index is 12.4. The van der Waals surface area contributed by atoms with Gasteiger partial charge in [0.1, 0.15) is 5.75 Å². The third kappa shape index (κ3) is 4.78. The van der Waals surface area contributed by atoms with Gasteiger partial charge in [0.05, 0.1) is 13.7 Å². The predicted molar refractivity (Wildman–Crippen MR) is 61.6 cm³/mol. The highest BCUT2D eigenvalue weighted by Crippen LogP contribution is 2.36. The van der Waals surface area contributed by atoms with E-state index in [2.05, 4.69) is 4.74 Å². The Morgan fingerprint density at radius 3 is 2.10 bits per heavy atom. The average Bonchev–Trinajstić information content (AvgIpc) is 2.35. The van der Waals surface area contributed by atoms with Crippen molar-refractivity contribution in [2.75, 3.05) is 7.11 Å². The largest absolute Gasteiger partial charge is 0.496 e. The second-order valence-electron chi connectivity index (χ2n) is 4.12. The fourth-order valence-corrected chi connectivity index (χ4v) is 1.62. The zero-order chi connectivity index (χ0) is 16.3. The Morgan fingerprint density at radius 2 is 1.67 bits per heavy atom. The Morgan fingerprint density at radius 1 is 1.10 bits per heavy atom. The van der Waals surface area contributed by atoms with E-state index in [4.69, 9.17) is 10.5 Å². The van der Waals surface area contributed by atoms with Gasteiger partial charge in [-0.2, -0.15) is 26.3 Å². The maximum atomic E-state index is 12.4. The topological polar surface area (TPSA) is 44.5 Å². The molecule has 0 fully saturated rings. The third-order valence-electron chi connectivity index (χ3n) is 2.58. The highest BCUT2D eigenvalue weighted by atomic mass is 19.4. The van der Waals surface area contributed by atoms with Crippen molar-refractivity contribution in [1.29, 1.82) is 0 Å². The van der Waals surface area contributed by atoms with E-state index in [0.29, 0.717) is 5.56 Å². The van der Waals surface area contributed by atoms with Crippen LogP contribution in [0.2, 0.25) is 0 Å². The van der Waals surface area contributed by atoms with Crippen LogP contribution in [-0.2, 0) is 17.9 Å². The molecular formula is C12H13F6NO2. The van der Waals surface area contributed by atoms with Crippen molar-refractivity contribution in [3.63, 3.8) is 0 Å². The van der Waals surface area contributed by atoms with Crippen LogP contribution < -0.4 is 10.5 Å². The molecule has 0 saturated heterocycles. The van der Waals surface area contributed by atoms with Crippen LogP contribution in [0, 0.1) is 0 Å². The van der Waals surface area contributed by atoms with Crippen molar-refractivity contribution in [3.05, 3.63) is 29.3 Å². The molecule has 1 aromatic carbocycles. The number of nitrogens with two attached hydrogens (primary N) is 1. The molecule has 0 amide bonds. The molecule has 0 aromatic heterocycles. The molecule has 21 heavy (non-hydrogen) atoms. The van der Waals surface area contributed by atoms with Crippen molar-refractivity contribution in [2.24, 2.45) is 5.73 Å². The van der Waals surface area contributed by atoms with Crippen LogP contribution in [0.1, 0.15) is 11.1 Å². The first-order valence-corrected chi connectivity index (χ1v) is 5.70. The summed E-state index contributed by atoms with van der Waals surface area (Å²) in [4.78, 5) is 0. The molecule has 0 radical (unpaired) electrons. The third-order valence-corrected chi connectivity index (χ3v) is 2.58. The Kier molecular flexibility index (Phi) is 5.46. The second kappa shape index (κ2) is 6.52. The minimum Gasteiger partial charge on any atom is -0.496 e. The van der Waals surface area contributed by atoms with Gasteiger partial charge in [-0.1, -0.05) is 6.07 Å². The van der Waals surface area contributed by atoms with Crippen LogP contribution >= 0.6 is 0 Å². The normalized spacial score (nSPS) is 12.8. The number of rotatable bonds is 5. The Bertz CT molecular complexity index is 458. The zero-order valence-corrected chi connectivity index (χ0v) is 10.9. The summed E-state index contributed by atoms with van der Waals surface area (Å²) in [6.07, 6.45) is -14.9. The molecule has 0 aliphatic rings. The molecule has 0 saturated carbocycles. The van der Waals surface area contributed by atoms with Crippen LogP contribution in [0.5, 0.6) is 5.75 Å². The van der Waals surface area contributed by atoms with E-state index >= 15 is 0 Å². The summed E-state index contributed by atoms with van der Waals surface area (Å²) in [6, 6.07) is 4.28. The summed E-state index contributed by atoms with van der Waals surface area (Å²) in [6.45, 7) is -0.820. The van der Waals surface area contributed by atoms with Crippen molar-refractivity contribution in [1.82, 2.24) is 0 Å². The molecule has 3 nitrogen and oxygen atoms in total. The molecule has 0 atom stereocenters. The molecule has 2 N–H and O–H groups in total. The van der Waals surface area contributed by atoms with Gasteiger partial charge in [0.25, 0.3) is 0 Å².